The number of rotatable bonds is 11. The summed E-state index contributed by atoms with van der Waals surface area (Å²) in [6.45, 7) is 3.26. The van der Waals surface area contributed by atoms with E-state index in [1.807, 2.05) is 6.07 Å². The van der Waals surface area contributed by atoms with Crippen LogP contribution in [0, 0.1) is 5.92 Å². The standard InChI is InChI=1S/C33H45N7O6S/c1-32(2,46)26-19-35-38-40(26)23-18-25(30(44)37-33(27(41)28(34)42)13-15-47-16-14-33)39(20-23)31(45)24(17-21-9-5-3-6-10-21)36-29(43)22-11-7-4-8-12-22/h4,7-8,11-12,19,21,23-25,46H,3,5-6,9-10,13-18,20H2,1-2H3,(H2,34,42)(H,36,43)(H,37,44)/t23-,24+,25-/m0/s1. The van der Waals surface area contributed by atoms with Crippen LogP contribution in [-0.4, -0.2) is 90.1 Å². The number of aliphatic hydroxyl groups is 1. The van der Waals surface area contributed by atoms with Crippen molar-refractivity contribution in [3.63, 3.8) is 0 Å². The van der Waals surface area contributed by atoms with Crippen molar-refractivity contribution in [3.05, 3.63) is 47.8 Å². The molecule has 3 heterocycles. The molecule has 3 aliphatic rings. The Hall–Kier alpha value is -3.78. The number of nitrogens with zero attached hydrogens (tertiary/aromatic N) is 4. The number of nitrogens with two attached hydrogens (primary N) is 1. The fourth-order valence-corrected chi connectivity index (χ4v) is 8.32. The molecular weight excluding hydrogens is 622 g/mol. The minimum atomic E-state index is -1.46. The van der Waals surface area contributed by atoms with E-state index in [0.29, 0.717) is 29.2 Å². The van der Waals surface area contributed by atoms with Gasteiger partial charge in [0.1, 0.15) is 23.2 Å². The van der Waals surface area contributed by atoms with Crippen LogP contribution in [0.2, 0.25) is 0 Å². The normalized spacial score (nSPS) is 22.3. The first-order valence-corrected chi connectivity index (χ1v) is 17.6. The molecule has 3 fully saturated rings. The van der Waals surface area contributed by atoms with E-state index in [9.17, 15) is 29.1 Å². The van der Waals surface area contributed by atoms with Gasteiger partial charge in [-0.15, -0.1) is 5.10 Å². The minimum absolute atomic E-state index is 0.0539. The van der Waals surface area contributed by atoms with Crippen molar-refractivity contribution in [1.82, 2.24) is 30.5 Å². The zero-order chi connectivity index (χ0) is 33.8. The number of hydrogen-bond donors (Lipinski definition) is 4. The molecule has 254 valence electrons. The average molecular weight is 668 g/mol. The van der Waals surface area contributed by atoms with E-state index in [2.05, 4.69) is 20.9 Å². The predicted octanol–water partition coefficient (Wildman–Crippen LogP) is 1.85. The van der Waals surface area contributed by atoms with E-state index in [4.69, 9.17) is 5.73 Å². The summed E-state index contributed by atoms with van der Waals surface area (Å²) >= 11 is 1.62. The summed E-state index contributed by atoms with van der Waals surface area (Å²) in [6.07, 6.45) is 7.58. The monoisotopic (exact) mass is 667 g/mol. The number of ketones is 1. The summed E-state index contributed by atoms with van der Waals surface area (Å²) in [5.41, 5.74) is 3.50. The fraction of sp³-hybridized carbons (Fsp3) is 0.606. The highest BCUT2D eigenvalue weighted by Gasteiger charge is 2.49. The Bertz CT molecular complexity index is 1460. The Morgan fingerprint density at radius 1 is 1.09 bits per heavy atom. The number of hydrogen-bond acceptors (Lipinski definition) is 9. The first-order valence-electron chi connectivity index (χ1n) is 16.4. The molecule has 14 heteroatoms. The average Bonchev–Trinajstić information content (AvgIpc) is 3.73. The fourth-order valence-electron chi connectivity index (χ4n) is 7.13. The Kier molecular flexibility index (Phi) is 10.7. The summed E-state index contributed by atoms with van der Waals surface area (Å²) in [4.78, 5) is 68.8. The van der Waals surface area contributed by atoms with Crippen molar-refractivity contribution in [3.8, 4) is 0 Å². The lowest BCUT2D eigenvalue weighted by Crippen LogP contribution is -2.63. The van der Waals surface area contributed by atoms with Crippen molar-refractivity contribution in [1.29, 1.82) is 0 Å². The SMILES string of the molecule is CC(C)(O)c1cnnn1[C@H]1C[C@@H](C(=O)NC2(C(=O)C(N)=O)CCSCC2)N(C(=O)[C@@H](CC2CCCCC2)NC(=O)c2ccccc2)C1. The molecule has 3 atom stereocenters. The summed E-state index contributed by atoms with van der Waals surface area (Å²) < 4.78 is 1.54. The lowest BCUT2D eigenvalue weighted by atomic mass is 9.84. The van der Waals surface area contributed by atoms with E-state index in [1.165, 1.54) is 15.8 Å². The van der Waals surface area contributed by atoms with E-state index in [0.717, 1.165) is 32.1 Å². The van der Waals surface area contributed by atoms with Gasteiger partial charge in [0.15, 0.2) is 0 Å². The largest absolute Gasteiger partial charge is 0.384 e. The molecule has 2 saturated heterocycles. The van der Waals surface area contributed by atoms with Crippen molar-refractivity contribution in [2.75, 3.05) is 18.1 Å². The number of nitrogens with one attached hydrogen (secondary N) is 2. The van der Waals surface area contributed by atoms with E-state index in [-0.39, 0.29) is 37.6 Å². The molecule has 0 unspecified atom stereocenters. The van der Waals surface area contributed by atoms with Gasteiger partial charge in [0.25, 0.3) is 11.8 Å². The van der Waals surface area contributed by atoms with Crippen molar-refractivity contribution >= 4 is 41.2 Å². The second-order valence-corrected chi connectivity index (χ2v) is 14.8. The van der Waals surface area contributed by atoms with E-state index in [1.54, 1.807) is 49.9 Å². The third-order valence-corrected chi connectivity index (χ3v) is 10.7. The molecule has 47 heavy (non-hydrogen) atoms. The van der Waals surface area contributed by atoms with Gasteiger partial charge in [0.2, 0.25) is 17.6 Å². The quantitative estimate of drug-likeness (QED) is 0.259. The smallest absolute Gasteiger partial charge is 0.287 e. The number of amides is 4. The second kappa shape index (κ2) is 14.5. The van der Waals surface area contributed by atoms with Gasteiger partial charge >= 0.3 is 0 Å². The topological polar surface area (TPSA) is 190 Å². The number of likely N-dealkylation sites (tertiary alicyclic amines) is 1. The van der Waals surface area contributed by atoms with Crippen LogP contribution in [0.1, 0.15) is 93.7 Å². The first kappa shape index (κ1) is 34.6. The maximum Gasteiger partial charge on any atom is 0.287 e. The number of thioether (sulfide) groups is 1. The third kappa shape index (κ3) is 7.86. The van der Waals surface area contributed by atoms with Gasteiger partial charge in [-0.2, -0.15) is 11.8 Å². The number of benzene rings is 1. The number of carbonyl (C=O) groups is 5. The zero-order valence-corrected chi connectivity index (χ0v) is 27.8. The Labute approximate surface area is 278 Å². The van der Waals surface area contributed by atoms with Crippen LogP contribution in [0.3, 0.4) is 0 Å². The predicted molar refractivity (Wildman–Crippen MR) is 175 cm³/mol. The van der Waals surface area contributed by atoms with Crippen molar-refractivity contribution < 1.29 is 29.1 Å². The van der Waals surface area contributed by atoms with Crippen LogP contribution in [0.25, 0.3) is 0 Å². The zero-order valence-electron chi connectivity index (χ0n) is 27.0. The molecule has 4 amide bonds. The summed E-state index contributed by atoms with van der Waals surface area (Å²) in [6, 6.07) is 6.18. The highest BCUT2D eigenvalue weighted by atomic mass is 32.2. The Morgan fingerprint density at radius 3 is 2.40 bits per heavy atom. The summed E-state index contributed by atoms with van der Waals surface area (Å²) in [7, 11) is 0. The van der Waals surface area contributed by atoms with Gasteiger partial charge in [-0.05, 0) is 62.7 Å². The van der Waals surface area contributed by atoms with Crippen molar-refractivity contribution in [2.45, 2.75) is 101 Å². The van der Waals surface area contributed by atoms with Crippen LogP contribution in [-0.2, 0) is 24.8 Å². The van der Waals surface area contributed by atoms with Gasteiger partial charge in [-0.1, -0.05) is 55.5 Å². The number of carbonyl (C=O) groups excluding carboxylic acids is 5. The molecule has 0 spiro atoms. The van der Waals surface area contributed by atoms with Gasteiger partial charge < -0.3 is 26.4 Å². The molecule has 1 aromatic heterocycles. The van der Waals surface area contributed by atoms with E-state index < -0.39 is 52.8 Å². The summed E-state index contributed by atoms with van der Waals surface area (Å²) in [5.74, 6) is -2.03. The lowest BCUT2D eigenvalue weighted by Gasteiger charge is -2.37. The maximum atomic E-state index is 14.6. The second-order valence-electron chi connectivity index (χ2n) is 13.5. The van der Waals surface area contributed by atoms with E-state index >= 15 is 0 Å². The Balaban J connectivity index is 1.48. The minimum Gasteiger partial charge on any atom is -0.384 e. The molecule has 13 nitrogen and oxygen atoms in total. The van der Waals surface area contributed by atoms with Gasteiger partial charge in [-0.3, -0.25) is 24.0 Å². The van der Waals surface area contributed by atoms with Crippen LogP contribution < -0.4 is 16.4 Å². The molecule has 2 aliphatic heterocycles. The molecular formula is C33H45N7O6S. The molecule has 2 aromatic rings. The lowest BCUT2D eigenvalue weighted by molar-refractivity contribution is -0.145. The van der Waals surface area contributed by atoms with Gasteiger partial charge in [0, 0.05) is 18.5 Å². The number of aromatic nitrogens is 3. The van der Waals surface area contributed by atoms with Crippen LogP contribution in [0.5, 0.6) is 0 Å². The summed E-state index contributed by atoms with van der Waals surface area (Å²) in [5, 5.41) is 24.9. The highest BCUT2D eigenvalue weighted by molar-refractivity contribution is 7.99. The highest BCUT2D eigenvalue weighted by Crippen LogP contribution is 2.35. The molecule has 0 radical (unpaired) electrons. The molecule has 1 aliphatic carbocycles. The molecule has 1 aromatic carbocycles. The first-order chi connectivity index (χ1) is 22.4. The maximum absolute atomic E-state index is 14.6. The van der Waals surface area contributed by atoms with Crippen LogP contribution in [0.4, 0.5) is 0 Å². The molecule has 5 rings (SSSR count). The van der Waals surface area contributed by atoms with Crippen molar-refractivity contribution in [2.24, 2.45) is 11.7 Å². The van der Waals surface area contributed by atoms with Gasteiger partial charge in [-0.25, -0.2) is 4.68 Å². The molecule has 5 N–H and O–H groups in total. The Morgan fingerprint density at radius 2 is 1.77 bits per heavy atom. The van der Waals surface area contributed by atoms with Crippen LogP contribution in [0.15, 0.2) is 36.5 Å². The number of Topliss-reactive ketones (excluding diaryl/α,β-unsaturated/α-hetero) is 1. The third-order valence-electron chi connectivity index (χ3n) is 9.71. The van der Waals surface area contributed by atoms with Gasteiger partial charge in [0.05, 0.1) is 17.9 Å². The number of primary amides is 1. The molecule has 0 bridgehead atoms. The van der Waals surface area contributed by atoms with Crippen LogP contribution >= 0.6 is 11.8 Å². The molecule has 1 saturated carbocycles.